The van der Waals surface area contributed by atoms with Crippen LogP contribution in [0.4, 0.5) is 0 Å². The van der Waals surface area contributed by atoms with Gasteiger partial charge < -0.3 is 15.3 Å². The van der Waals surface area contributed by atoms with Gasteiger partial charge in [-0.15, -0.1) is 0 Å². The Balaban J connectivity index is 2.20. The fraction of sp³-hybridized carbons (Fsp3) is 0.818. The topological polar surface area (TPSA) is 69.6 Å². The maximum absolute atomic E-state index is 11.6. The molecular formula is C11H20N2O3. The van der Waals surface area contributed by atoms with Crippen LogP contribution in [-0.4, -0.2) is 48.6 Å². The number of carboxylic acids is 1. The summed E-state index contributed by atoms with van der Waals surface area (Å²) in [7, 11) is 1.54. The van der Waals surface area contributed by atoms with Crippen LogP contribution in [0.1, 0.15) is 25.7 Å². The van der Waals surface area contributed by atoms with Crippen molar-refractivity contribution in [1.82, 2.24) is 10.2 Å². The van der Waals surface area contributed by atoms with Gasteiger partial charge in [-0.1, -0.05) is 0 Å². The van der Waals surface area contributed by atoms with Crippen molar-refractivity contribution in [3.8, 4) is 0 Å². The van der Waals surface area contributed by atoms with Crippen LogP contribution in [-0.2, 0) is 9.59 Å². The fourth-order valence-electron chi connectivity index (χ4n) is 1.98. The minimum atomic E-state index is -0.960. The zero-order valence-electron chi connectivity index (χ0n) is 9.74. The number of amides is 1. The van der Waals surface area contributed by atoms with Crippen LogP contribution < -0.4 is 5.32 Å². The van der Waals surface area contributed by atoms with E-state index in [1.165, 1.54) is 4.90 Å². The summed E-state index contributed by atoms with van der Waals surface area (Å²) in [5.74, 6) is -0.415. The highest BCUT2D eigenvalue weighted by Crippen LogP contribution is 2.17. The monoisotopic (exact) mass is 228 g/mol. The van der Waals surface area contributed by atoms with E-state index in [4.69, 9.17) is 5.11 Å². The molecule has 5 nitrogen and oxygen atoms in total. The average Bonchev–Trinajstić information content (AvgIpc) is 2.26. The van der Waals surface area contributed by atoms with E-state index in [1.807, 2.05) is 0 Å². The number of carbonyl (C=O) groups is 2. The van der Waals surface area contributed by atoms with Crippen molar-refractivity contribution in [1.29, 1.82) is 0 Å². The van der Waals surface area contributed by atoms with Gasteiger partial charge in [0.2, 0.25) is 5.91 Å². The normalized spacial score (nSPS) is 17.1. The Morgan fingerprint density at radius 3 is 2.56 bits per heavy atom. The molecule has 0 radical (unpaired) electrons. The van der Waals surface area contributed by atoms with Gasteiger partial charge in [-0.2, -0.15) is 0 Å². The molecule has 1 fully saturated rings. The fourth-order valence-corrected chi connectivity index (χ4v) is 1.98. The van der Waals surface area contributed by atoms with Crippen LogP contribution in [0.15, 0.2) is 0 Å². The van der Waals surface area contributed by atoms with Gasteiger partial charge in [-0.25, -0.2) is 0 Å². The number of hydrogen-bond donors (Lipinski definition) is 2. The summed E-state index contributed by atoms with van der Waals surface area (Å²) < 4.78 is 0. The SMILES string of the molecule is CN(CC(=O)O)C(=O)CCC1CCNCC1. The molecule has 0 aromatic rings. The maximum Gasteiger partial charge on any atom is 0.323 e. The molecule has 16 heavy (non-hydrogen) atoms. The molecule has 1 rings (SSSR count). The number of rotatable bonds is 5. The second kappa shape index (κ2) is 6.48. The Hall–Kier alpha value is -1.10. The number of nitrogens with zero attached hydrogens (tertiary/aromatic N) is 1. The van der Waals surface area contributed by atoms with E-state index >= 15 is 0 Å². The van der Waals surface area contributed by atoms with Crippen LogP contribution in [0.25, 0.3) is 0 Å². The van der Waals surface area contributed by atoms with Gasteiger partial charge in [0.1, 0.15) is 6.54 Å². The molecule has 1 aliphatic heterocycles. The molecule has 1 aliphatic rings. The molecule has 1 amide bonds. The number of likely N-dealkylation sites (N-methyl/N-ethyl adjacent to an activating group) is 1. The first-order chi connectivity index (χ1) is 7.59. The third-order valence-electron chi connectivity index (χ3n) is 3.02. The zero-order valence-corrected chi connectivity index (χ0v) is 9.74. The van der Waals surface area contributed by atoms with Gasteiger partial charge in [0.05, 0.1) is 0 Å². The van der Waals surface area contributed by atoms with Crippen LogP contribution in [0, 0.1) is 5.92 Å². The zero-order chi connectivity index (χ0) is 12.0. The Morgan fingerprint density at radius 2 is 2.00 bits per heavy atom. The summed E-state index contributed by atoms with van der Waals surface area (Å²) in [5.41, 5.74) is 0. The third-order valence-corrected chi connectivity index (χ3v) is 3.02. The van der Waals surface area contributed by atoms with Crippen LogP contribution in [0.2, 0.25) is 0 Å². The lowest BCUT2D eigenvalue weighted by Crippen LogP contribution is -2.33. The predicted octanol–water partition coefficient (Wildman–Crippen LogP) is 0.309. The molecular weight excluding hydrogens is 208 g/mol. The molecule has 0 bridgehead atoms. The Kier molecular flexibility index (Phi) is 5.25. The summed E-state index contributed by atoms with van der Waals surface area (Å²) in [5, 5.41) is 11.8. The van der Waals surface area contributed by atoms with E-state index in [-0.39, 0.29) is 12.5 Å². The molecule has 5 heteroatoms. The third kappa shape index (κ3) is 4.61. The molecule has 0 spiro atoms. The van der Waals surface area contributed by atoms with E-state index in [2.05, 4.69) is 5.32 Å². The molecule has 0 unspecified atom stereocenters. The van der Waals surface area contributed by atoms with Crippen LogP contribution in [0.3, 0.4) is 0 Å². The van der Waals surface area contributed by atoms with Crippen molar-refractivity contribution in [2.24, 2.45) is 5.92 Å². The van der Waals surface area contributed by atoms with Gasteiger partial charge >= 0.3 is 5.97 Å². The highest BCUT2D eigenvalue weighted by molar-refractivity contribution is 5.80. The first kappa shape index (κ1) is 13.0. The first-order valence-corrected chi connectivity index (χ1v) is 5.76. The van der Waals surface area contributed by atoms with Crippen molar-refractivity contribution in [3.63, 3.8) is 0 Å². The molecule has 0 aliphatic carbocycles. The lowest BCUT2D eigenvalue weighted by atomic mass is 9.93. The molecule has 2 N–H and O–H groups in total. The summed E-state index contributed by atoms with van der Waals surface area (Å²) in [6.45, 7) is 1.86. The molecule has 0 saturated carbocycles. The quantitative estimate of drug-likeness (QED) is 0.710. The molecule has 0 aromatic heterocycles. The lowest BCUT2D eigenvalue weighted by Gasteiger charge is -2.23. The smallest absolute Gasteiger partial charge is 0.323 e. The molecule has 1 heterocycles. The van der Waals surface area contributed by atoms with E-state index in [1.54, 1.807) is 7.05 Å². The van der Waals surface area contributed by atoms with Gasteiger partial charge in [0.15, 0.2) is 0 Å². The van der Waals surface area contributed by atoms with E-state index in [0.717, 1.165) is 32.4 Å². The summed E-state index contributed by atoms with van der Waals surface area (Å²) in [4.78, 5) is 23.3. The average molecular weight is 228 g/mol. The summed E-state index contributed by atoms with van der Waals surface area (Å²) in [6, 6.07) is 0. The minimum absolute atomic E-state index is 0.0686. The van der Waals surface area contributed by atoms with Gasteiger partial charge in [0, 0.05) is 13.5 Å². The maximum atomic E-state index is 11.6. The van der Waals surface area contributed by atoms with Crippen molar-refractivity contribution in [3.05, 3.63) is 0 Å². The number of piperidine rings is 1. The van der Waals surface area contributed by atoms with Crippen molar-refractivity contribution < 1.29 is 14.7 Å². The Morgan fingerprint density at radius 1 is 1.38 bits per heavy atom. The van der Waals surface area contributed by atoms with Gasteiger partial charge in [0.25, 0.3) is 0 Å². The number of nitrogens with one attached hydrogen (secondary N) is 1. The number of carboxylic acid groups (broad SMARTS) is 1. The second-order valence-corrected chi connectivity index (χ2v) is 4.38. The second-order valence-electron chi connectivity index (χ2n) is 4.38. The number of carbonyl (C=O) groups excluding carboxylic acids is 1. The van der Waals surface area contributed by atoms with E-state index in [9.17, 15) is 9.59 Å². The Bertz CT molecular complexity index is 250. The standard InChI is InChI=1S/C11H20N2O3/c1-13(8-11(15)16)10(14)3-2-9-4-6-12-7-5-9/h9,12H,2-8H2,1H3,(H,15,16). The largest absolute Gasteiger partial charge is 0.480 e. The van der Waals surface area contributed by atoms with Crippen molar-refractivity contribution in [2.45, 2.75) is 25.7 Å². The van der Waals surface area contributed by atoms with Crippen LogP contribution >= 0.6 is 0 Å². The van der Waals surface area contributed by atoms with Gasteiger partial charge in [-0.05, 0) is 38.3 Å². The van der Waals surface area contributed by atoms with E-state index < -0.39 is 5.97 Å². The van der Waals surface area contributed by atoms with Gasteiger partial charge in [-0.3, -0.25) is 9.59 Å². The van der Waals surface area contributed by atoms with Crippen molar-refractivity contribution >= 4 is 11.9 Å². The molecule has 92 valence electrons. The number of aliphatic carboxylic acids is 1. The van der Waals surface area contributed by atoms with E-state index in [0.29, 0.717) is 12.3 Å². The number of hydrogen-bond acceptors (Lipinski definition) is 3. The molecule has 0 atom stereocenters. The highest BCUT2D eigenvalue weighted by atomic mass is 16.4. The van der Waals surface area contributed by atoms with Crippen molar-refractivity contribution in [2.75, 3.05) is 26.7 Å². The minimum Gasteiger partial charge on any atom is -0.480 e. The highest BCUT2D eigenvalue weighted by Gasteiger charge is 2.17. The molecule has 1 saturated heterocycles. The van der Waals surface area contributed by atoms with Crippen LogP contribution in [0.5, 0.6) is 0 Å². The lowest BCUT2D eigenvalue weighted by molar-refractivity contribution is -0.143. The summed E-state index contributed by atoms with van der Waals surface area (Å²) in [6.07, 6.45) is 3.59. The molecule has 0 aromatic carbocycles. The summed E-state index contributed by atoms with van der Waals surface area (Å²) >= 11 is 0. The Labute approximate surface area is 95.8 Å². The predicted molar refractivity (Wildman–Crippen MR) is 60.1 cm³/mol. The first-order valence-electron chi connectivity index (χ1n) is 5.76.